The first-order chi connectivity index (χ1) is 14.4. The van der Waals surface area contributed by atoms with E-state index in [-0.39, 0.29) is 22.8 Å². The Bertz CT molecular complexity index is 1180. The van der Waals surface area contributed by atoms with Crippen LogP contribution in [0.5, 0.6) is 11.5 Å². The number of hydrogen-bond donors (Lipinski definition) is 2. The number of nitrogens with zero attached hydrogens (tertiary/aromatic N) is 1. The number of carbonyl (C=O) groups excluding carboxylic acids is 2. The molecule has 1 aliphatic rings. The number of amides is 1. The molecule has 1 saturated heterocycles. The highest BCUT2D eigenvalue weighted by Crippen LogP contribution is 2.46. The van der Waals surface area contributed by atoms with Crippen molar-refractivity contribution in [2.45, 2.75) is 13.0 Å². The van der Waals surface area contributed by atoms with Crippen LogP contribution in [-0.2, 0) is 9.59 Å². The molecule has 2 heterocycles. The standard InChI is InChI=1S/C23H19NO5S/c1-13-10-11-30-22(13)19-18(20(26)14-6-5-7-15(12-14)29-2)21(27)23(28)24(19)16-8-3-4-9-17(16)25/h3-12,19,25-26H,1-2H3/b20-18-. The minimum Gasteiger partial charge on any atom is -0.507 e. The van der Waals surface area contributed by atoms with Crippen LogP contribution in [0.4, 0.5) is 5.69 Å². The summed E-state index contributed by atoms with van der Waals surface area (Å²) in [5, 5.41) is 23.3. The lowest BCUT2D eigenvalue weighted by molar-refractivity contribution is -0.132. The van der Waals surface area contributed by atoms with E-state index in [0.717, 1.165) is 10.4 Å². The number of phenols is 1. The van der Waals surface area contributed by atoms with E-state index in [2.05, 4.69) is 0 Å². The second kappa shape index (κ2) is 7.68. The molecule has 1 unspecified atom stereocenters. The summed E-state index contributed by atoms with van der Waals surface area (Å²) in [5.41, 5.74) is 1.43. The molecule has 7 heteroatoms. The highest BCUT2D eigenvalue weighted by atomic mass is 32.1. The van der Waals surface area contributed by atoms with Crippen molar-refractivity contribution in [2.75, 3.05) is 12.0 Å². The Morgan fingerprint density at radius 3 is 2.53 bits per heavy atom. The van der Waals surface area contributed by atoms with Gasteiger partial charge in [-0.25, -0.2) is 0 Å². The van der Waals surface area contributed by atoms with E-state index in [0.29, 0.717) is 11.3 Å². The molecule has 0 spiro atoms. The summed E-state index contributed by atoms with van der Waals surface area (Å²) in [6.45, 7) is 1.88. The van der Waals surface area contributed by atoms with Gasteiger partial charge in [-0.15, -0.1) is 11.3 Å². The zero-order valence-corrected chi connectivity index (χ0v) is 17.1. The first kappa shape index (κ1) is 19.7. The lowest BCUT2D eigenvalue weighted by Gasteiger charge is -2.25. The molecule has 2 N–H and O–H groups in total. The quantitative estimate of drug-likeness (QED) is 0.370. The number of methoxy groups -OCH3 is 1. The monoisotopic (exact) mass is 421 g/mol. The van der Waals surface area contributed by atoms with Crippen LogP contribution in [0.1, 0.15) is 22.0 Å². The molecule has 1 aliphatic heterocycles. The van der Waals surface area contributed by atoms with Gasteiger partial charge in [0, 0.05) is 10.4 Å². The summed E-state index contributed by atoms with van der Waals surface area (Å²) in [6, 6.07) is 14.0. The Morgan fingerprint density at radius 1 is 1.10 bits per heavy atom. The molecular formula is C23H19NO5S. The van der Waals surface area contributed by atoms with Gasteiger partial charge < -0.3 is 14.9 Å². The Kier molecular flexibility index (Phi) is 5.05. The largest absolute Gasteiger partial charge is 0.507 e. The number of para-hydroxylation sites is 2. The Balaban J connectivity index is 1.97. The number of thiophene rings is 1. The third-order valence-electron chi connectivity index (χ3n) is 5.08. The molecule has 3 aromatic rings. The molecule has 0 saturated carbocycles. The molecule has 1 aromatic heterocycles. The predicted molar refractivity (Wildman–Crippen MR) is 115 cm³/mol. The third-order valence-corrected chi connectivity index (χ3v) is 6.15. The van der Waals surface area contributed by atoms with Gasteiger partial charge in [-0.3, -0.25) is 14.5 Å². The zero-order valence-electron chi connectivity index (χ0n) is 16.3. The second-order valence-electron chi connectivity index (χ2n) is 6.86. The number of aromatic hydroxyl groups is 1. The van der Waals surface area contributed by atoms with Gasteiger partial charge in [0.1, 0.15) is 23.3 Å². The fraction of sp³-hybridized carbons (Fsp3) is 0.130. The Hall–Kier alpha value is -3.58. The Labute approximate surface area is 177 Å². The molecule has 0 radical (unpaired) electrons. The highest BCUT2D eigenvalue weighted by Gasteiger charge is 2.48. The van der Waals surface area contributed by atoms with E-state index < -0.39 is 17.7 Å². The maximum Gasteiger partial charge on any atom is 0.300 e. The van der Waals surface area contributed by atoms with Gasteiger partial charge in [0.05, 0.1) is 18.4 Å². The van der Waals surface area contributed by atoms with Gasteiger partial charge >= 0.3 is 0 Å². The number of ether oxygens (including phenoxy) is 1. The smallest absolute Gasteiger partial charge is 0.300 e. The van der Waals surface area contributed by atoms with Gasteiger partial charge in [0.25, 0.3) is 11.7 Å². The van der Waals surface area contributed by atoms with Gasteiger partial charge in [0.15, 0.2) is 0 Å². The van der Waals surface area contributed by atoms with Crippen LogP contribution in [0, 0.1) is 6.92 Å². The molecule has 0 bridgehead atoms. The third kappa shape index (κ3) is 3.13. The molecule has 1 fully saturated rings. The van der Waals surface area contributed by atoms with Crippen LogP contribution in [-0.4, -0.2) is 29.0 Å². The van der Waals surface area contributed by atoms with Crippen molar-refractivity contribution in [1.82, 2.24) is 0 Å². The number of ketones is 1. The van der Waals surface area contributed by atoms with Crippen molar-refractivity contribution in [1.29, 1.82) is 0 Å². The van der Waals surface area contributed by atoms with Crippen LogP contribution in [0.25, 0.3) is 5.76 Å². The van der Waals surface area contributed by atoms with Crippen LogP contribution < -0.4 is 9.64 Å². The topological polar surface area (TPSA) is 87.1 Å². The minimum absolute atomic E-state index is 0.0259. The number of carbonyl (C=O) groups is 2. The summed E-state index contributed by atoms with van der Waals surface area (Å²) in [4.78, 5) is 28.1. The average Bonchev–Trinajstić information content (AvgIpc) is 3.29. The van der Waals surface area contributed by atoms with E-state index >= 15 is 0 Å². The molecule has 152 valence electrons. The summed E-state index contributed by atoms with van der Waals surface area (Å²) < 4.78 is 5.21. The van der Waals surface area contributed by atoms with Crippen molar-refractivity contribution < 1.29 is 24.5 Å². The fourth-order valence-electron chi connectivity index (χ4n) is 3.59. The van der Waals surface area contributed by atoms with Gasteiger partial charge in [-0.2, -0.15) is 0 Å². The molecule has 30 heavy (non-hydrogen) atoms. The normalized spacial score (nSPS) is 18.1. The molecular weight excluding hydrogens is 402 g/mol. The second-order valence-corrected chi connectivity index (χ2v) is 7.81. The van der Waals surface area contributed by atoms with E-state index in [1.165, 1.54) is 29.4 Å². The first-order valence-electron chi connectivity index (χ1n) is 9.21. The highest BCUT2D eigenvalue weighted by molar-refractivity contribution is 7.10. The van der Waals surface area contributed by atoms with Crippen LogP contribution in [0.15, 0.2) is 65.6 Å². The molecule has 6 nitrogen and oxygen atoms in total. The van der Waals surface area contributed by atoms with E-state index in [4.69, 9.17) is 4.74 Å². The van der Waals surface area contributed by atoms with Crippen molar-refractivity contribution in [2.24, 2.45) is 0 Å². The first-order valence-corrected chi connectivity index (χ1v) is 10.1. The van der Waals surface area contributed by atoms with E-state index in [1.807, 2.05) is 18.4 Å². The molecule has 1 atom stereocenters. The van der Waals surface area contributed by atoms with Crippen molar-refractivity contribution in [3.63, 3.8) is 0 Å². The van der Waals surface area contributed by atoms with Crippen LogP contribution >= 0.6 is 11.3 Å². The number of aryl methyl sites for hydroxylation is 1. The summed E-state index contributed by atoms with van der Waals surface area (Å²) >= 11 is 1.38. The molecule has 2 aromatic carbocycles. The molecule has 0 aliphatic carbocycles. The minimum atomic E-state index is -0.857. The number of phenolic OH excluding ortho intramolecular Hbond substituents is 1. The van der Waals surface area contributed by atoms with Crippen molar-refractivity contribution in [3.05, 3.63) is 81.6 Å². The summed E-state index contributed by atoms with van der Waals surface area (Å²) in [7, 11) is 1.51. The number of aliphatic hydroxyl groups excluding tert-OH is 1. The van der Waals surface area contributed by atoms with Crippen LogP contribution in [0.3, 0.4) is 0 Å². The lowest BCUT2D eigenvalue weighted by atomic mass is 9.98. The van der Waals surface area contributed by atoms with Crippen LogP contribution in [0.2, 0.25) is 0 Å². The number of hydrogen-bond acceptors (Lipinski definition) is 6. The van der Waals surface area contributed by atoms with Crippen molar-refractivity contribution in [3.8, 4) is 11.5 Å². The zero-order chi connectivity index (χ0) is 21.4. The molecule has 1 amide bonds. The summed E-state index contributed by atoms with van der Waals surface area (Å²) in [6.07, 6.45) is 0. The van der Waals surface area contributed by atoms with Gasteiger partial charge in [0.2, 0.25) is 0 Å². The fourth-order valence-corrected chi connectivity index (χ4v) is 4.61. The number of rotatable bonds is 4. The number of aliphatic hydroxyl groups is 1. The number of anilines is 1. The lowest BCUT2D eigenvalue weighted by Crippen LogP contribution is -2.29. The molecule has 4 rings (SSSR count). The number of benzene rings is 2. The van der Waals surface area contributed by atoms with Gasteiger partial charge in [-0.1, -0.05) is 24.3 Å². The predicted octanol–water partition coefficient (Wildman–Crippen LogP) is 4.40. The summed E-state index contributed by atoms with van der Waals surface area (Å²) in [5.74, 6) is -1.52. The maximum atomic E-state index is 13.1. The van der Waals surface area contributed by atoms with E-state index in [1.54, 1.807) is 42.5 Å². The SMILES string of the molecule is COc1cccc(/C(O)=C2/C(=O)C(=O)N(c3ccccc3O)C2c2sccc2C)c1. The van der Waals surface area contributed by atoms with E-state index in [9.17, 15) is 19.8 Å². The maximum absolute atomic E-state index is 13.1. The average molecular weight is 421 g/mol. The van der Waals surface area contributed by atoms with Gasteiger partial charge in [-0.05, 0) is 48.2 Å². The van der Waals surface area contributed by atoms with Crippen molar-refractivity contribution >= 4 is 34.5 Å². The number of Topliss-reactive ketones (excluding diaryl/α,β-unsaturated/α-hetero) is 1. The Morgan fingerprint density at radius 2 is 1.87 bits per heavy atom.